The van der Waals surface area contributed by atoms with E-state index in [-0.39, 0.29) is 5.54 Å². The zero-order chi connectivity index (χ0) is 12.3. The first-order valence-electron chi connectivity index (χ1n) is 5.21. The topological polar surface area (TPSA) is 72.5 Å². The van der Waals surface area contributed by atoms with Gasteiger partial charge in [-0.05, 0) is 47.5 Å². The summed E-state index contributed by atoms with van der Waals surface area (Å²) in [5.41, 5.74) is 4.82. The number of carbonyl (C=O) groups is 1. The molecule has 0 aromatic heterocycles. The smallest absolute Gasteiger partial charge is 0.335 e. The third-order valence-corrected chi connectivity index (χ3v) is 1.74. The average molecular weight is 217 g/mol. The van der Waals surface area contributed by atoms with E-state index in [9.17, 15) is 9.90 Å². The first kappa shape index (κ1) is 14.4. The van der Waals surface area contributed by atoms with Gasteiger partial charge in [-0.2, -0.15) is 0 Å². The molecule has 4 heteroatoms. The lowest BCUT2D eigenvalue weighted by Gasteiger charge is -2.23. The minimum atomic E-state index is -1.08. The van der Waals surface area contributed by atoms with Crippen molar-refractivity contribution < 1.29 is 14.6 Å². The predicted molar refractivity (Wildman–Crippen MR) is 59.4 cm³/mol. The van der Waals surface area contributed by atoms with Crippen molar-refractivity contribution in [2.75, 3.05) is 0 Å². The van der Waals surface area contributed by atoms with Crippen LogP contribution in [0.5, 0.6) is 0 Å². The normalized spacial score (nSPS) is 14.9. The lowest BCUT2D eigenvalue weighted by atomic mass is 9.98. The standard InChI is InChI=1S/C11H23NO3/c1-10(2,3)15-9(14)8(13)6-7-11(4,5)12/h8,13H,6-7,12H2,1-5H3. The molecule has 0 aromatic rings. The van der Waals surface area contributed by atoms with Crippen LogP contribution < -0.4 is 5.73 Å². The molecule has 0 heterocycles. The summed E-state index contributed by atoms with van der Waals surface area (Å²) >= 11 is 0. The molecule has 0 aliphatic carbocycles. The molecule has 1 atom stereocenters. The molecule has 0 spiro atoms. The third-order valence-electron chi connectivity index (χ3n) is 1.74. The van der Waals surface area contributed by atoms with Gasteiger partial charge < -0.3 is 15.6 Å². The zero-order valence-electron chi connectivity index (χ0n) is 10.3. The molecule has 0 aliphatic rings. The maximum atomic E-state index is 11.4. The molecule has 0 amide bonds. The van der Waals surface area contributed by atoms with Crippen LogP contribution in [0.25, 0.3) is 0 Å². The van der Waals surface area contributed by atoms with Gasteiger partial charge in [-0.3, -0.25) is 0 Å². The van der Waals surface area contributed by atoms with E-state index in [1.807, 2.05) is 13.8 Å². The van der Waals surface area contributed by atoms with Crippen molar-refractivity contribution in [3.63, 3.8) is 0 Å². The fourth-order valence-electron chi connectivity index (χ4n) is 0.996. The summed E-state index contributed by atoms with van der Waals surface area (Å²) in [5.74, 6) is -0.577. The fourth-order valence-corrected chi connectivity index (χ4v) is 0.996. The molecule has 3 N–H and O–H groups in total. The Morgan fingerprint density at radius 1 is 1.33 bits per heavy atom. The average Bonchev–Trinajstić information content (AvgIpc) is 1.95. The first-order chi connectivity index (χ1) is 6.51. The van der Waals surface area contributed by atoms with E-state index >= 15 is 0 Å². The number of aliphatic hydroxyl groups excluding tert-OH is 1. The Morgan fingerprint density at radius 3 is 2.13 bits per heavy atom. The minimum absolute atomic E-state index is 0.332. The van der Waals surface area contributed by atoms with E-state index < -0.39 is 17.7 Å². The fraction of sp³-hybridized carbons (Fsp3) is 0.909. The Morgan fingerprint density at radius 2 is 1.80 bits per heavy atom. The van der Waals surface area contributed by atoms with Crippen molar-refractivity contribution in [2.45, 2.75) is 64.7 Å². The molecular formula is C11H23NO3. The van der Waals surface area contributed by atoms with Gasteiger partial charge in [0.25, 0.3) is 0 Å². The molecule has 0 saturated carbocycles. The largest absolute Gasteiger partial charge is 0.458 e. The van der Waals surface area contributed by atoms with Crippen LogP contribution in [0.15, 0.2) is 0 Å². The minimum Gasteiger partial charge on any atom is -0.458 e. The highest BCUT2D eigenvalue weighted by Gasteiger charge is 2.24. The molecule has 0 aromatic carbocycles. The molecule has 0 aliphatic heterocycles. The highest BCUT2D eigenvalue weighted by Crippen LogP contribution is 2.13. The molecule has 1 unspecified atom stereocenters. The molecular weight excluding hydrogens is 194 g/mol. The van der Waals surface area contributed by atoms with Crippen molar-refractivity contribution in [1.82, 2.24) is 0 Å². The van der Waals surface area contributed by atoms with Crippen LogP contribution in [0.1, 0.15) is 47.5 Å². The number of aliphatic hydroxyl groups is 1. The van der Waals surface area contributed by atoms with E-state index in [4.69, 9.17) is 10.5 Å². The van der Waals surface area contributed by atoms with Gasteiger partial charge in [0, 0.05) is 5.54 Å². The lowest BCUT2D eigenvalue weighted by Crippen LogP contribution is -2.36. The number of rotatable bonds is 4. The summed E-state index contributed by atoms with van der Waals surface area (Å²) in [5, 5.41) is 9.51. The van der Waals surface area contributed by atoms with Crippen LogP contribution in [0.3, 0.4) is 0 Å². The zero-order valence-corrected chi connectivity index (χ0v) is 10.3. The quantitative estimate of drug-likeness (QED) is 0.694. The van der Waals surface area contributed by atoms with Crippen molar-refractivity contribution in [3.05, 3.63) is 0 Å². The van der Waals surface area contributed by atoms with Crippen LogP contribution in [-0.4, -0.2) is 28.3 Å². The summed E-state index contributed by atoms with van der Waals surface area (Å²) in [7, 11) is 0. The summed E-state index contributed by atoms with van der Waals surface area (Å²) < 4.78 is 5.03. The molecule has 0 saturated heterocycles. The van der Waals surface area contributed by atoms with Crippen LogP contribution in [0.2, 0.25) is 0 Å². The number of nitrogens with two attached hydrogens (primary N) is 1. The summed E-state index contributed by atoms with van der Waals surface area (Å²) in [4.78, 5) is 11.4. The second kappa shape index (κ2) is 4.94. The number of ether oxygens (including phenoxy) is 1. The first-order valence-corrected chi connectivity index (χ1v) is 5.21. The van der Waals surface area contributed by atoms with Crippen LogP contribution in [0.4, 0.5) is 0 Å². The van der Waals surface area contributed by atoms with Gasteiger partial charge in [0.2, 0.25) is 0 Å². The van der Waals surface area contributed by atoms with Crippen molar-refractivity contribution >= 4 is 5.97 Å². The monoisotopic (exact) mass is 217 g/mol. The Hall–Kier alpha value is -0.610. The van der Waals surface area contributed by atoms with Gasteiger partial charge in [0.1, 0.15) is 5.60 Å². The summed E-state index contributed by atoms with van der Waals surface area (Å²) in [6, 6.07) is 0. The Labute approximate surface area is 91.8 Å². The third kappa shape index (κ3) is 8.39. The van der Waals surface area contributed by atoms with Gasteiger partial charge in [-0.1, -0.05) is 0 Å². The lowest BCUT2D eigenvalue weighted by molar-refractivity contribution is -0.165. The maximum absolute atomic E-state index is 11.4. The maximum Gasteiger partial charge on any atom is 0.335 e. The van der Waals surface area contributed by atoms with Crippen molar-refractivity contribution in [1.29, 1.82) is 0 Å². The molecule has 0 radical (unpaired) electrons. The van der Waals surface area contributed by atoms with E-state index in [0.29, 0.717) is 12.8 Å². The molecule has 0 rings (SSSR count). The van der Waals surface area contributed by atoms with E-state index in [1.54, 1.807) is 20.8 Å². The molecule has 4 nitrogen and oxygen atoms in total. The van der Waals surface area contributed by atoms with Gasteiger partial charge >= 0.3 is 5.97 Å². The van der Waals surface area contributed by atoms with E-state index in [2.05, 4.69) is 0 Å². The highest BCUT2D eigenvalue weighted by atomic mass is 16.6. The van der Waals surface area contributed by atoms with Gasteiger partial charge in [-0.25, -0.2) is 4.79 Å². The molecule has 0 bridgehead atoms. The second-order valence-corrected chi connectivity index (χ2v) is 5.58. The number of hydrogen-bond donors (Lipinski definition) is 2. The number of esters is 1. The summed E-state index contributed by atoms with van der Waals surface area (Å²) in [6.45, 7) is 9.02. The molecule has 0 fully saturated rings. The Balaban J connectivity index is 4.01. The van der Waals surface area contributed by atoms with Gasteiger partial charge in [-0.15, -0.1) is 0 Å². The van der Waals surface area contributed by atoms with E-state index in [1.165, 1.54) is 0 Å². The predicted octanol–water partition coefficient (Wildman–Crippen LogP) is 1.21. The number of hydrogen-bond acceptors (Lipinski definition) is 4. The van der Waals surface area contributed by atoms with Crippen molar-refractivity contribution in [2.24, 2.45) is 5.73 Å². The summed E-state index contributed by atoms with van der Waals surface area (Å²) in [6.07, 6.45) is -0.168. The van der Waals surface area contributed by atoms with Gasteiger partial charge in [0.15, 0.2) is 6.10 Å². The van der Waals surface area contributed by atoms with E-state index in [0.717, 1.165) is 0 Å². The van der Waals surface area contributed by atoms with Crippen LogP contribution in [-0.2, 0) is 9.53 Å². The van der Waals surface area contributed by atoms with Crippen molar-refractivity contribution in [3.8, 4) is 0 Å². The van der Waals surface area contributed by atoms with Crippen LogP contribution in [0, 0.1) is 0 Å². The molecule has 90 valence electrons. The SMILES string of the molecule is CC(C)(N)CCC(O)C(=O)OC(C)(C)C. The second-order valence-electron chi connectivity index (χ2n) is 5.58. The molecule has 15 heavy (non-hydrogen) atoms. The highest BCUT2D eigenvalue weighted by molar-refractivity contribution is 5.74. The Kier molecular flexibility index (Phi) is 4.74. The Bertz CT molecular complexity index is 213. The van der Waals surface area contributed by atoms with Gasteiger partial charge in [0.05, 0.1) is 0 Å². The van der Waals surface area contributed by atoms with Crippen LogP contribution >= 0.6 is 0 Å². The number of carbonyl (C=O) groups excluding carboxylic acids is 1.